The Labute approximate surface area is 206 Å². The molecule has 11 nitrogen and oxygen atoms in total. The Morgan fingerprint density at radius 2 is 1.69 bits per heavy atom. The quantitative estimate of drug-likeness (QED) is 0.313. The lowest BCUT2D eigenvalue weighted by molar-refractivity contribution is -0.136. The Kier molecular flexibility index (Phi) is 7.39. The van der Waals surface area contributed by atoms with Crippen LogP contribution in [0.5, 0.6) is 17.5 Å². The molecule has 0 fully saturated rings. The fourth-order valence-electron chi connectivity index (χ4n) is 3.32. The van der Waals surface area contributed by atoms with Crippen LogP contribution < -0.4 is 25.0 Å². The van der Waals surface area contributed by atoms with E-state index in [4.69, 9.17) is 14.6 Å². The molecule has 0 bridgehead atoms. The van der Waals surface area contributed by atoms with Gasteiger partial charge in [0, 0.05) is 13.6 Å². The van der Waals surface area contributed by atoms with Crippen LogP contribution in [-0.2, 0) is 4.79 Å². The van der Waals surface area contributed by atoms with Gasteiger partial charge >= 0.3 is 18.0 Å². The second-order valence-corrected chi connectivity index (χ2v) is 7.70. The molecule has 3 aromatic carbocycles. The first-order chi connectivity index (χ1) is 17.4. The molecule has 1 heterocycles. The molecule has 11 heteroatoms. The number of carbonyl (C=O) groups excluding carboxylic acids is 1. The number of ether oxygens (including phenoxy) is 2. The lowest BCUT2D eigenvalue weighted by Gasteiger charge is -2.17. The second kappa shape index (κ2) is 11.0. The molecule has 4 rings (SSSR count). The van der Waals surface area contributed by atoms with Gasteiger partial charge in [-0.15, -0.1) is 0 Å². The van der Waals surface area contributed by atoms with Crippen molar-refractivity contribution in [2.75, 3.05) is 36.2 Å². The molecular formula is C25H24N6O5. The number of anilines is 3. The van der Waals surface area contributed by atoms with Crippen molar-refractivity contribution in [2.45, 2.75) is 6.42 Å². The molecule has 0 unspecified atom stereocenters. The maximum atomic E-state index is 12.7. The number of urea groups is 1. The van der Waals surface area contributed by atoms with Crippen molar-refractivity contribution in [3.63, 3.8) is 0 Å². The van der Waals surface area contributed by atoms with Gasteiger partial charge in [0.15, 0.2) is 0 Å². The number of hydrogen-bond acceptors (Lipinski definition) is 8. The van der Waals surface area contributed by atoms with Gasteiger partial charge < -0.3 is 24.8 Å². The second-order valence-electron chi connectivity index (χ2n) is 7.70. The van der Waals surface area contributed by atoms with E-state index in [1.807, 2.05) is 36.4 Å². The van der Waals surface area contributed by atoms with Crippen molar-refractivity contribution < 1.29 is 24.2 Å². The predicted molar refractivity (Wildman–Crippen MR) is 135 cm³/mol. The highest BCUT2D eigenvalue weighted by Crippen LogP contribution is 2.26. The summed E-state index contributed by atoms with van der Waals surface area (Å²) in [6, 6.07) is 19.6. The Morgan fingerprint density at radius 3 is 2.47 bits per heavy atom. The first kappa shape index (κ1) is 24.2. The van der Waals surface area contributed by atoms with Crippen LogP contribution in [0.15, 0.2) is 66.7 Å². The summed E-state index contributed by atoms with van der Waals surface area (Å²) in [4.78, 5) is 38.0. The largest absolute Gasteiger partial charge is 0.495 e. The van der Waals surface area contributed by atoms with Crippen molar-refractivity contribution in [3.8, 4) is 17.5 Å². The van der Waals surface area contributed by atoms with Gasteiger partial charge in [0.05, 0.1) is 19.2 Å². The summed E-state index contributed by atoms with van der Waals surface area (Å²) in [5, 5.41) is 16.3. The summed E-state index contributed by atoms with van der Waals surface area (Å²) in [6.45, 7) is 0.140. The van der Waals surface area contributed by atoms with Crippen molar-refractivity contribution in [1.29, 1.82) is 0 Å². The number of carbonyl (C=O) groups is 2. The zero-order chi connectivity index (χ0) is 25.5. The molecule has 1 aromatic heterocycles. The third-order valence-corrected chi connectivity index (χ3v) is 5.12. The minimum Gasteiger partial charge on any atom is -0.495 e. The SMILES string of the molecule is COc1ccccc1NC(=O)Nc1nc(Oc2ccc3ccccc3c2)nc(N(C)CCC(=O)O)n1. The van der Waals surface area contributed by atoms with E-state index < -0.39 is 12.0 Å². The van der Waals surface area contributed by atoms with Crippen LogP contribution in [0.2, 0.25) is 0 Å². The van der Waals surface area contributed by atoms with Crippen LogP contribution in [0, 0.1) is 0 Å². The normalized spacial score (nSPS) is 10.5. The summed E-state index contributed by atoms with van der Waals surface area (Å²) in [6.07, 6.45) is -0.125. The van der Waals surface area contributed by atoms with Crippen LogP contribution in [0.25, 0.3) is 10.8 Å². The molecule has 2 amide bonds. The Bertz CT molecular complexity index is 1400. The summed E-state index contributed by atoms with van der Waals surface area (Å²) >= 11 is 0. The van der Waals surface area contributed by atoms with Crippen LogP contribution in [0.1, 0.15) is 6.42 Å². The highest BCUT2D eigenvalue weighted by Gasteiger charge is 2.16. The van der Waals surface area contributed by atoms with Crippen LogP contribution in [-0.4, -0.2) is 52.8 Å². The number of carboxylic acid groups (broad SMARTS) is 1. The Hall–Kier alpha value is -4.93. The predicted octanol–water partition coefficient (Wildman–Crippen LogP) is 4.38. The maximum Gasteiger partial charge on any atom is 0.328 e. The first-order valence-electron chi connectivity index (χ1n) is 11.0. The zero-order valence-electron chi connectivity index (χ0n) is 19.6. The molecule has 0 radical (unpaired) electrons. The van der Waals surface area contributed by atoms with Crippen LogP contribution in [0.4, 0.5) is 22.4 Å². The molecule has 0 aliphatic rings. The van der Waals surface area contributed by atoms with E-state index in [9.17, 15) is 9.59 Å². The van der Waals surface area contributed by atoms with E-state index in [1.54, 1.807) is 37.4 Å². The number of aliphatic carboxylic acids is 1. The minimum atomic E-state index is -0.960. The van der Waals surface area contributed by atoms with E-state index >= 15 is 0 Å². The summed E-state index contributed by atoms with van der Waals surface area (Å²) in [5.41, 5.74) is 0.456. The number of methoxy groups -OCH3 is 1. The summed E-state index contributed by atoms with van der Waals surface area (Å²) < 4.78 is 11.1. The van der Waals surface area contributed by atoms with Gasteiger partial charge in [-0.25, -0.2) is 4.79 Å². The number of carboxylic acids is 1. The van der Waals surface area contributed by atoms with E-state index in [0.29, 0.717) is 17.2 Å². The number of fused-ring (bicyclic) bond motifs is 1. The standard InChI is InChI=1S/C25H24N6O5/c1-31(14-13-21(32)33)23-27-22(28-24(34)26-19-9-5-6-10-20(19)35-2)29-25(30-23)36-18-12-11-16-7-3-4-8-17(16)15-18/h3-12,15H,13-14H2,1-2H3,(H,32,33)(H2,26,27,28,29,30,34). The molecule has 184 valence electrons. The number of benzene rings is 3. The minimum absolute atomic E-state index is 0.0648. The third-order valence-electron chi connectivity index (χ3n) is 5.12. The third kappa shape index (κ3) is 6.14. The smallest absolute Gasteiger partial charge is 0.328 e. The molecule has 4 aromatic rings. The number of amides is 2. The lowest BCUT2D eigenvalue weighted by Crippen LogP contribution is -2.25. The van der Waals surface area contributed by atoms with E-state index in [1.165, 1.54) is 12.0 Å². The Balaban J connectivity index is 1.59. The molecule has 3 N–H and O–H groups in total. The average Bonchev–Trinajstić information content (AvgIpc) is 2.87. The fourth-order valence-corrected chi connectivity index (χ4v) is 3.32. The first-order valence-corrected chi connectivity index (χ1v) is 11.0. The number of nitrogens with zero attached hydrogens (tertiary/aromatic N) is 4. The molecular weight excluding hydrogens is 464 g/mol. The lowest BCUT2D eigenvalue weighted by atomic mass is 10.1. The van der Waals surface area contributed by atoms with Gasteiger partial charge in [0.2, 0.25) is 11.9 Å². The fraction of sp³-hybridized carbons (Fsp3) is 0.160. The summed E-state index contributed by atoms with van der Waals surface area (Å²) in [7, 11) is 3.14. The number of nitrogens with one attached hydrogen (secondary N) is 2. The molecule has 0 atom stereocenters. The molecule has 0 aliphatic heterocycles. The molecule has 0 saturated heterocycles. The van der Waals surface area contributed by atoms with Gasteiger partial charge in [0.1, 0.15) is 11.5 Å². The topological polar surface area (TPSA) is 139 Å². The molecule has 0 spiro atoms. The number of hydrogen-bond donors (Lipinski definition) is 3. The van der Waals surface area contributed by atoms with Crippen molar-refractivity contribution in [2.24, 2.45) is 0 Å². The number of para-hydroxylation sites is 2. The van der Waals surface area contributed by atoms with Crippen molar-refractivity contribution in [3.05, 3.63) is 66.7 Å². The van der Waals surface area contributed by atoms with Gasteiger partial charge in [-0.3, -0.25) is 10.1 Å². The van der Waals surface area contributed by atoms with Crippen molar-refractivity contribution in [1.82, 2.24) is 15.0 Å². The molecule has 36 heavy (non-hydrogen) atoms. The Morgan fingerprint density at radius 1 is 0.944 bits per heavy atom. The van der Waals surface area contributed by atoms with Crippen LogP contribution in [0.3, 0.4) is 0 Å². The van der Waals surface area contributed by atoms with Gasteiger partial charge in [-0.05, 0) is 35.0 Å². The van der Waals surface area contributed by atoms with Gasteiger partial charge in [0.25, 0.3) is 0 Å². The van der Waals surface area contributed by atoms with E-state index in [2.05, 4.69) is 25.6 Å². The van der Waals surface area contributed by atoms with E-state index in [-0.39, 0.29) is 30.9 Å². The number of rotatable bonds is 9. The highest BCUT2D eigenvalue weighted by molar-refractivity contribution is 5.99. The number of aromatic nitrogens is 3. The monoisotopic (exact) mass is 488 g/mol. The zero-order valence-corrected chi connectivity index (χ0v) is 19.6. The molecule has 0 aliphatic carbocycles. The average molecular weight is 489 g/mol. The van der Waals surface area contributed by atoms with E-state index in [0.717, 1.165) is 10.8 Å². The highest BCUT2D eigenvalue weighted by atomic mass is 16.5. The molecule has 0 saturated carbocycles. The van der Waals surface area contributed by atoms with Crippen LogP contribution >= 0.6 is 0 Å². The van der Waals surface area contributed by atoms with Gasteiger partial charge in [-0.2, -0.15) is 15.0 Å². The van der Waals surface area contributed by atoms with Gasteiger partial charge in [-0.1, -0.05) is 42.5 Å². The summed E-state index contributed by atoms with van der Waals surface area (Å²) in [5.74, 6) is 0.0687. The maximum absolute atomic E-state index is 12.7. The van der Waals surface area contributed by atoms with Crippen molar-refractivity contribution >= 4 is 40.4 Å².